The summed E-state index contributed by atoms with van der Waals surface area (Å²) in [4.78, 5) is 16.2. The van der Waals surface area contributed by atoms with Crippen LogP contribution >= 0.6 is 0 Å². The average Bonchev–Trinajstić information content (AvgIpc) is 2.69. The van der Waals surface area contributed by atoms with Gasteiger partial charge >= 0.3 is 0 Å². The molecule has 1 aliphatic heterocycles. The molecule has 0 aliphatic carbocycles. The van der Waals surface area contributed by atoms with Crippen molar-refractivity contribution in [3.05, 3.63) is 59.2 Å². The highest BCUT2D eigenvalue weighted by molar-refractivity contribution is 5.94. The predicted octanol–water partition coefficient (Wildman–Crippen LogP) is 4.23. The van der Waals surface area contributed by atoms with E-state index in [2.05, 4.69) is 74.2 Å². The van der Waals surface area contributed by atoms with E-state index in [1.165, 1.54) is 16.8 Å². The Morgan fingerprint density at radius 3 is 2.27 bits per heavy atom. The van der Waals surface area contributed by atoms with Gasteiger partial charge in [0.1, 0.15) is 0 Å². The van der Waals surface area contributed by atoms with Gasteiger partial charge in [-0.15, -0.1) is 0 Å². The maximum atomic E-state index is 11.6. The van der Waals surface area contributed by atoms with Crippen LogP contribution in [-0.4, -0.2) is 44.0 Å². The summed E-state index contributed by atoms with van der Waals surface area (Å²) in [5.74, 6) is -0.386. The standard InChI is InChI=1S/C25H36N4O/c1-25(2,3)20-8-10-22(11-9-20)29-14-12-21(13-15-29)27-23-16-18(24(26)30)6-7-19(23)17-28(4)5/h6-11,16,21,27H,12-15,17H2,1-5H3,(H2,26,30). The van der Waals surface area contributed by atoms with Crippen LogP contribution < -0.4 is 16.0 Å². The lowest BCUT2D eigenvalue weighted by Crippen LogP contribution is -2.39. The number of anilines is 2. The molecule has 30 heavy (non-hydrogen) atoms. The summed E-state index contributed by atoms with van der Waals surface area (Å²) < 4.78 is 0. The third-order valence-corrected chi connectivity index (χ3v) is 5.83. The molecule has 5 heteroatoms. The van der Waals surface area contributed by atoms with Gasteiger partial charge in [-0.3, -0.25) is 4.79 Å². The number of rotatable bonds is 6. The van der Waals surface area contributed by atoms with Crippen molar-refractivity contribution in [1.29, 1.82) is 0 Å². The Balaban J connectivity index is 1.65. The highest BCUT2D eigenvalue weighted by Crippen LogP contribution is 2.28. The molecule has 0 spiro atoms. The number of hydrogen-bond donors (Lipinski definition) is 2. The minimum atomic E-state index is -0.386. The number of nitrogens with two attached hydrogens (primary N) is 1. The second kappa shape index (κ2) is 9.09. The second-order valence-electron chi connectivity index (χ2n) is 9.68. The molecule has 162 valence electrons. The number of carbonyl (C=O) groups is 1. The number of hydrogen-bond acceptors (Lipinski definition) is 4. The van der Waals surface area contributed by atoms with E-state index in [4.69, 9.17) is 5.73 Å². The molecule has 0 atom stereocenters. The van der Waals surface area contributed by atoms with E-state index < -0.39 is 0 Å². The zero-order valence-electron chi connectivity index (χ0n) is 19.0. The van der Waals surface area contributed by atoms with Gasteiger partial charge in [-0.25, -0.2) is 0 Å². The lowest BCUT2D eigenvalue weighted by atomic mass is 9.87. The molecule has 1 fully saturated rings. The van der Waals surface area contributed by atoms with Crippen molar-refractivity contribution >= 4 is 17.3 Å². The van der Waals surface area contributed by atoms with Crippen LogP contribution in [0.4, 0.5) is 11.4 Å². The largest absolute Gasteiger partial charge is 0.382 e. The number of nitrogens with one attached hydrogen (secondary N) is 1. The summed E-state index contributed by atoms with van der Waals surface area (Å²) in [5.41, 5.74) is 11.1. The SMILES string of the molecule is CN(C)Cc1ccc(C(N)=O)cc1NC1CCN(c2ccc(C(C)(C)C)cc2)CC1. The molecule has 1 saturated heterocycles. The molecular weight excluding hydrogens is 372 g/mol. The summed E-state index contributed by atoms with van der Waals surface area (Å²) in [6, 6.07) is 15.1. The predicted molar refractivity (Wildman–Crippen MR) is 126 cm³/mol. The first-order valence-electron chi connectivity index (χ1n) is 10.8. The fourth-order valence-electron chi connectivity index (χ4n) is 4.02. The van der Waals surface area contributed by atoms with E-state index >= 15 is 0 Å². The lowest BCUT2D eigenvalue weighted by molar-refractivity contribution is 0.100. The summed E-state index contributed by atoms with van der Waals surface area (Å²) in [5, 5.41) is 3.69. The van der Waals surface area contributed by atoms with Gasteiger partial charge in [0.2, 0.25) is 5.91 Å². The summed E-state index contributed by atoms with van der Waals surface area (Å²) >= 11 is 0. The van der Waals surface area contributed by atoms with Crippen LogP contribution in [0.3, 0.4) is 0 Å². The molecule has 0 unspecified atom stereocenters. The van der Waals surface area contributed by atoms with Crippen LogP contribution in [0.1, 0.15) is 55.1 Å². The summed E-state index contributed by atoms with van der Waals surface area (Å²) in [7, 11) is 4.10. The molecule has 2 aromatic rings. The molecule has 1 aliphatic rings. The first-order valence-corrected chi connectivity index (χ1v) is 10.8. The van der Waals surface area contributed by atoms with Crippen LogP contribution in [0, 0.1) is 0 Å². The molecule has 0 saturated carbocycles. The van der Waals surface area contributed by atoms with Crippen LogP contribution in [0.5, 0.6) is 0 Å². The molecule has 2 aromatic carbocycles. The zero-order chi connectivity index (χ0) is 21.9. The van der Waals surface area contributed by atoms with Gasteiger partial charge in [0, 0.05) is 42.6 Å². The minimum absolute atomic E-state index is 0.180. The van der Waals surface area contributed by atoms with Crippen molar-refractivity contribution in [2.75, 3.05) is 37.4 Å². The first kappa shape index (κ1) is 22.2. The number of benzene rings is 2. The highest BCUT2D eigenvalue weighted by atomic mass is 16.1. The Morgan fingerprint density at radius 1 is 1.10 bits per heavy atom. The molecule has 5 nitrogen and oxygen atoms in total. The Bertz CT molecular complexity index is 860. The Morgan fingerprint density at radius 2 is 1.73 bits per heavy atom. The maximum absolute atomic E-state index is 11.6. The van der Waals surface area contributed by atoms with Crippen LogP contribution in [-0.2, 0) is 12.0 Å². The number of carbonyl (C=O) groups excluding carboxylic acids is 1. The van der Waals surface area contributed by atoms with Gasteiger partial charge < -0.3 is 20.9 Å². The molecular formula is C25H36N4O. The zero-order valence-corrected chi connectivity index (χ0v) is 19.0. The fraction of sp³-hybridized carbons (Fsp3) is 0.480. The van der Waals surface area contributed by atoms with Crippen molar-refractivity contribution < 1.29 is 4.79 Å². The Kier molecular flexibility index (Phi) is 6.71. The summed E-state index contributed by atoms with van der Waals surface area (Å²) in [6.45, 7) is 9.60. The second-order valence-corrected chi connectivity index (χ2v) is 9.68. The third kappa shape index (κ3) is 5.54. The van der Waals surface area contributed by atoms with E-state index in [9.17, 15) is 4.79 Å². The van der Waals surface area contributed by atoms with Gasteiger partial charge in [-0.05, 0) is 67.7 Å². The molecule has 3 N–H and O–H groups in total. The van der Waals surface area contributed by atoms with E-state index in [-0.39, 0.29) is 11.3 Å². The van der Waals surface area contributed by atoms with Crippen molar-refractivity contribution in [2.24, 2.45) is 5.73 Å². The normalized spacial score (nSPS) is 15.5. The Labute approximate surface area is 181 Å². The number of nitrogens with zero attached hydrogens (tertiary/aromatic N) is 2. The summed E-state index contributed by atoms with van der Waals surface area (Å²) in [6.07, 6.45) is 2.12. The Hall–Kier alpha value is -2.53. The van der Waals surface area contributed by atoms with Crippen LogP contribution in [0.2, 0.25) is 0 Å². The average molecular weight is 409 g/mol. The smallest absolute Gasteiger partial charge is 0.248 e. The molecule has 1 amide bonds. The molecule has 1 heterocycles. The van der Waals surface area contributed by atoms with E-state index in [0.717, 1.165) is 38.2 Å². The lowest BCUT2D eigenvalue weighted by Gasteiger charge is -2.35. The van der Waals surface area contributed by atoms with Gasteiger partial charge in [0.05, 0.1) is 0 Å². The van der Waals surface area contributed by atoms with Crippen molar-refractivity contribution in [1.82, 2.24) is 4.90 Å². The van der Waals surface area contributed by atoms with Crippen LogP contribution in [0.15, 0.2) is 42.5 Å². The molecule has 0 radical (unpaired) electrons. The topological polar surface area (TPSA) is 61.6 Å². The molecule has 0 aromatic heterocycles. The van der Waals surface area contributed by atoms with E-state index in [1.54, 1.807) is 0 Å². The van der Waals surface area contributed by atoms with Crippen molar-refractivity contribution in [3.8, 4) is 0 Å². The highest BCUT2D eigenvalue weighted by Gasteiger charge is 2.21. The van der Waals surface area contributed by atoms with Crippen molar-refractivity contribution in [2.45, 2.75) is 51.6 Å². The molecule has 0 bridgehead atoms. The van der Waals surface area contributed by atoms with E-state index in [1.807, 2.05) is 18.2 Å². The maximum Gasteiger partial charge on any atom is 0.248 e. The molecule has 3 rings (SSSR count). The van der Waals surface area contributed by atoms with Gasteiger partial charge in [-0.2, -0.15) is 0 Å². The fourth-order valence-corrected chi connectivity index (χ4v) is 4.02. The minimum Gasteiger partial charge on any atom is -0.382 e. The van der Waals surface area contributed by atoms with Crippen LogP contribution in [0.25, 0.3) is 0 Å². The first-order chi connectivity index (χ1) is 14.1. The number of piperidine rings is 1. The van der Waals surface area contributed by atoms with Gasteiger partial charge in [0.25, 0.3) is 0 Å². The van der Waals surface area contributed by atoms with Crippen molar-refractivity contribution in [3.63, 3.8) is 0 Å². The van der Waals surface area contributed by atoms with Gasteiger partial charge in [-0.1, -0.05) is 39.0 Å². The number of primary amides is 1. The van der Waals surface area contributed by atoms with Gasteiger partial charge in [0.15, 0.2) is 0 Å². The monoisotopic (exact) mass is 408 g/mol. The third-order valence-electron chi connectivity index (χ3n) is 5.83. The quantitative estimate of drug-likeness (QED) is 0.751. The number of amides is 1. The van der Waals surface area contributed by atoms with E-state index in [0.29, 0.717) is 11.6 Å².